The van der Waals surface area contributed by atoms with E-state index in [1.54, 1.807) is 27.7 Å². The average Bonchev–Trinajstić information content (AvgIpc) is 2.27. The third kappa shape index (κ3) is 3.28. The molecule has 0 spiro atoms. The van der Waals surface area contributed by atoms with Gasteiger partial charge in [0, 0.05) is 0 Å². The van der Waals surface area contributed by atoms with Gasteiger partial charge in [-0.05, 0) is 45.9 Å². The molecule has 106 valence electrons. The Labute approximate surface area is 118 Å². The fourth-order valence-corrected chi connectivity index (χ4v) is 2.94. The standard InChI is InChI=1S/C13H17ClO4S/c1-5-18-12(15)10-7-6-9(8-11(10)14)19(16,17)13(2,3)4/h6-8H,5H2,1-4H3. The zero-order chi connectivity index (χ0) is 14.8. The lowest BCUT2D eigenvalue weighted by molar-refractivity contribution is 0.0526. The van der Waals surface area contributed by atoms with Crippen molar-refractivity contribution in [2.75, 3.05) is 6.61 Å². The molecule has 6 heteroatoms. The molecule has 0 aliphatic rings. The van der Waals surface area contributed by atoms with Gasteiger partial charge in [0.1, 0.15) is 0 Å². The Morgan fingerprint density at radius 2 is 1.89 bits per heavy atom. The second-order valence-corrected chi connectivity index (χ2v) is 8.09. The summed E-state index contributed by atoms with van der Waals surface area (Å²) >= 11 is 5.95. The molecule has 0 amide bonds. The molecule has 0 saturated heterocycles. The van der Waals surface area contributed by atoms with Crippen LogP contribution >= 0.6 is 11.6 Å². The lowest BCUT2D eigenvalue weighted by Crippen LogP contribution is -2.28. The number of hydrogen-bond acceptors (Lipinski definition) is 4. The fourth-order valence-electron chi connectivity index (χ4n) is 1.39. The van der Waals surface area contributed by atoms with Crippen molar-refractivity contribution in [2.24, 2.45) is 0 Å². The molecule has 1 aromatic carbocycles. The number of benzene rings is 1. The van der Waals surface area contributed by atoms with E-state index in [2.05, 4.69) is 0 Å². The van der Waals surface area contributed by atoms with Gasteiger partial charge in [-0.3, -0.25) is 0 Å². The van der Waals surface area contributed by atoms with Crippen LogP contribution in [0.5, 0.6) is 0 Å². The van der Waals surface area contributed by atoms with Crippen molar-refractivity contribution in [3.8, 4) is 0 Å². The molecule has 0 saturated carbocycles. The molecule has 0 unspecified atom stereocenters. The van der Waals surface area contributed by atoms with Gasteiger partial charge in [0.2, 0.25) is 0 Å². The summed E-state index contributed by atoms with van der Waals surface area (Å²) in [4.78, 5) is 11.7. The largest absolute Gasteiger partial charge is 0.462 e. The van der Waals surface area contributed by atoms with E-state index >= 15 is 0 Å². The first-order valence-electron chi connectivity index (χ1n) is 5.82. The topological polar surface area (TPSA) is 60.4 Å². The van der Waals surface area contributed by atoms with Gasteiger partial charge in [-0.25, -0.2) is 13.2 Å². The summed E-state index contributed by atoms with van der Waals surface area (Å²) < 4.78 is 28.4. The Bertz CT molecular complexity index is 585. The summed E-state index contributed by atoms with van der Waals surface area (Å²) in [5, 5.41) is 0.0729. The summed E-state index contributed by atoms with van der Waals surface area (Å²) in [5.41, 5.74) is 0.163. The smallest absolute Gasteiger partial charge is 0.339 e. The Hall–Kier alpha value is -1.07. The summed E-state index contributed by atoms with van der Waals surface area (Å²) in [6.07, 6.45) is 0. The lowest BCUT2D eigenvalue weighted by atomic mass is 10.2. The van der Waals surface area contributed by atoms with E-state index in [1.165, 1.54) is 18.2 Å². The first-order chi connectivity index (χ1) is 8.61. The highest BCUT2D eigenvalue weighted by Gasteiger charge is 2.31. The third-order valence-corrected chi connectivity index (χ3v) is 5.35. The van der Waals surface area contributed by atoms with Crippen LogP contribution in [0.25, 0.3) is 0 Å². The van der Waals surface area contributed by atoms with E-state index in [-0.39, 0.29) is 22.1 Å². The minimum absolute atomic E-state index is 0.0729. The molecule has 0 heterocycles. The quantitative estimate of drug-likeness (QED) is 0.805. The number of halogens is 1. The fraction of sp³-hybridized carbons (Fsp3) is 0.462. The molecule has 0 aromatic heterocycles. The molecule has 1 rings (SSSR count). The molecule has 0 fully saturated rings. The number of sulfone groups is 1. The molecule has 1 aromatic rings. The van der Waals surface area contributed by atoms with Crippen LogP contribution in [0.15, 0.2) is 23.1 Å². The lowest BCUT2D eigenvalue weighted by Gasteiger charge is -2.19. The Morgan fingerprint density at radius 3 is 2.32 bits per heavy atom. The van der Waals surface area contributed by atoms with E-state index in [0.717, 1.165) is 0 Å². The minimum Gasteiger partial charge on any atom is -0.462 e. The zero-order valence-corrected chi connectivity index (χ0v) is 12.9. The van der Waals surface area contributed by atoms with Crippen molar-refractivity contribution in [3.63, 3.8) is 0 Å². The van der Waals surface area contributed by atoms with Crippen molar-refractivity contribution in [3.05, 3.63) is 28.8 Å². The maximum atomic E-state index is 12.2. The van der Waals surface area contributed by atoms with E-state index in [1.807, 2.05) is 0 Å². The van der Waals surface area contributed by atoms with Crippen molar-refractivity contribution >= 4 is 27.4 Å². The Kier molecular flexibility index (Phi) is 4.63. The molecule has 0 aliphatic heterocycles. The highest BCUT2D eigenvalue weighted by Crippen LogP contribution is 2.28. The van der Waals surface area contributed by atoms with Gasteiger partial charge in [-0.15, -0.1) is 0 Å². The number of carbonyl (C=O) groups excluding carboxylic acids is 1. The Balaban J connectivity index is 3.25. The highest BCUT2D eigenvalue weighted by atomic mass is 35.5. The number of esters is 1. The minimum atomic E-state index is -3.49. The predicted molar refractivity (Wildman–Crippen MR) is 74.3 cm³/mol. The van der Waals surface area contributed by atoms with E-state index in [4.69, 9.17) is 16.3 Å². The van der Waals surface area contributed by atoms with Gasteiger partial charge in [0.05, 0.1) is 26.8 Å². The maximum Gasteiger partial charge on any atom is 0.339 e. The average molecular weight is 305 g/mol. The number of rotatable bonds is 3. The second-order valence-electron chi connectivity index (χ2n) is 4.98. The van der Waals surface area contributed by atoms with Crippen LogP contribution in [0, 0.1) is 0 Å². The van der Waals surface area contributed by atoms with Crippen molar-refractivity contribution in [2.45, 2.75) is 37.3 Å². The third-order valence-electron chi connectivity index (χ3n) is 2.55. The zero-order valence-electron chi connectivity index (χ0n) is 11.4. The highest BCUT2D eigenvalue weighted by molar-refractivity contribution is 7.92. The van der Waals surface area contributed by atoms with Crippen molar-refractivity contribution < 1.29 is 17.9 Å². The van der Waals surface area contributed by atoms with E-state index in [9.17, 15) is 13.2 Å². The normalized spacial score (nSPS) is 12.3. The van der Waals surface area contributed by atoms with Crippen molar-refractivity contribution in [1.82, 2.24) is 0 Å². The molecule has 4 nitrogen and oxygen atoms in total. The summed E-state index contributed by atoms with van der Waals surface area (Å²) in [6.45, 7) is 6.74. The van der Waals surface area contributed by atoms with Crippen LogP contribution in [0.1, 0.15) is 38.1 Å². The number of ether oxygens (including phenoxy) is 1. The van der Waals surface area contributed by atoms with Gasteiger partial charge < -0.3 is 4.74 Å². The molecule has 0 bridgehead atoms. The predicted octanol–water partition coefficient (Wildman–Crippen LogP) is 3.09. The second kappa shape index (κ2) is 5.51. The van der Waals surface area contributed by atoms with Gasteiger partial charge in [-0.1, -0.05) is 11.6 Å². The number of hydrogen-bond donors (Lipinski definition) is 0. The number of carbonyl (C=O) groups is 1. The van der Waals surface area contributed by atoms with E-state index in [0.29, 0.717) is 0 Å². The van der Waals surface area contributed by atoms with E-state index < -0.39 is 20.6 Å². The first kappa shape index (κ1) is 16.0. The maximum absolute atomic E-state index is 12.2. The van der Waals surface area contributed by atoms with Gasteiger partial charge in [-0.2, -0.15) is 0 Å². The summed E-state index contributed by atoms with van der Waals surface area (Å²) in [6, 6.07) is 4.03. The van der Waals surface area contributed by atoms with Crippen LogP contribution in [-0.4, -0.2) is 25.7 Å². The molecule has 0 radical (unpaired) electrons. The first-order valence-corrected chi connectivity index (χ1v) is 7.68. The van der Waals surface area contributed by atoms with Crippen LogP contribution < -0.4 is 0 Å². The van der Waals surface area contributed by atoms with Crippen LogP contribution in [0.4, 0.5) is 0 Å². The van der Waals surface area contributed by atoms with Crippen molar-refractivity contribution in [1.29, 1.82) is 0 Å². The summed E-state index contributed by atoms with van der Waals surface area (Å²) in [5.74, 6) is -0.563. The molecular formula is C13H17ClO4S. The van der Waals surface area contributed by atoms with Crippen LogP contribution in [0.3, 0.4) is 0 Å². The molecule has 0 aliphatic carbocycles. The van der Waals surface area contributed by atoms with Crippen LogP contribution in [-0.2, 0) is 14.6 Å². The van der Waals surface area contributed by atoms with Gasteiger partial charge in [0.25, 0.3) is 0 Å². The summed E-state index contributed by atoms with van der Waals surface area (Å²) in [7, 11) is -3.49. The van der Waals surface area contributed by atoms with Gasteiger partial charge in [0.15, 0.2) is 9.84 Å². The molecule has 19 heavy (non-hydrogen) atoms. The van der Waals surface area contributed by atoms with Gasteiger partial charge >= 0.3 is 5.97 Å². The molecule has 0 atom stereocenters. The Morgan fingerprint density at radius 1 is 1.32 bits per heavy atom. The SMILES string of the molecule is CCOC(=O)c1ccc(S(=O)(=O)C(C)(C)C)cc1Cl. The monoisotopic (exact) mass is 304 g/mol. The molecular weight excluding hydrogens is 288 g/mol. The van der Waals surface area contributed by atoms with Crippen LogP contribution in [0.2, 0.25) is 5.02 Å². The molecule has 0 N–H and O–H groups in total.